The largest absolute Gasteiger partial charge is 0.331 e. The predicted octanol–water partition coefficient (Wildman–Crippen LogP) is -0.638. The predicted molar refractivity (Wildman–Crippen MR) is 54.1 cm³/mol. The Balaban J connectivity index is 2.41. The van der Waals surface area contributed by atoms with Crippen molar-refractivity contribution in [1.82, 2.24) is 10.6 Å². The number of halogens is 1. The standard InChI is InChI=1S/C7H9ClN2O4S/c8-3-6(11)10-7(12)9-5-1-2-15(13,14)4-5/h1-2,5H,3-4H2,(H2,9,10,11,12). The van der Waals surface area contributed by atoms with Crippen LogP contribution in [-0.2, 0) is 14.6 Å². The summed E-state index contributed by atoms with van der Waals surface area (Å²) in [7, 11) is -3.21. The van der Waals surface area contributed by atoms with Crippen LogP contribution in [0.2, 0.25) is 0 Å². The summed E-state index contributed by atoms with van der Waals surface area (Å²) in [4.78, 5) is 21.7. The first-order valence-electron chi connectivity index (χ1n) is 4.00. The Bertz CT molecular complexity index is 403. The molecular weight excluding hydrogens is 244 g/mol. The number of amides is 3. The first-order chi connectivity index (χ1) is 6.93. The van der Waals surface area contributed by atoms with Crippen LogP contribution in [0.4, 0.5) is 4.79 Å². The monoisotopic (exact) mass is 252 g/mol. The minimum atomic E-state index is -3.21. The normalized spacial score (nSPS) is 22.3. The Hall–Kier alpha value is -1.08. The van der Waals surface area contributed by atoms with Gasteiger partial charge >= 0.3 is 6.03 Å². The lowest BCUT2D eigenvalue weighted by Gasteiger charge is -2.09. The number of rotatable bonds is 2. The van der Waals surface area contributed by atoms with Crippen LogP contribution in [0.1, 0.15) is 0 Å². The third kappa shape index (κ3) is 3.88. The summed E-state index contributed by atoms with van der Waals surface area (Å²) in [6, 6.07) is -1.36. The molecule has 1 aliphatic rings. The van der Waals surface area contributed by atoms with E-state index in [2.05, 4.69) is 5.32 Å². The van der Waals surface area contributed by atoms with Gasteiger partial charge in [0.05, 0.1) is 11.8 Å². The van der Waals surface area contributed by atoms with E-state index in [9.17, 15) is 18.0 Å². The molecule has 0 bridgehead atoms. The van der Waals surface area contributed by atoms with Crippen molar-refractivity contribution in [2.45, 2.75) is 6.04 Å². The lowest BCUT2D eigenvalue weighted by molar-refractivity contribution is -0.117. The number of carbonyl (C=O) groups is 2. The lowest BCUT2D eigenvalue weighted by Crippen LogP contribution is -2.45. The zero-order chi connectivity index (χ0) is 11.5. The molecule has 1 rings (SSSR count). The van der Waals surface area contributed by atoms with Crippen molar-refractivity contribution in [2.75, 3.05) is 11.6 Å². The second kappa shape index (κ2) is 4.63. The Morgan fingerprint density at radius 2 is 2.13 bits per heavy atom. The quantitative estimate of drug-likeness (QED) is 0.640. The second-order valence-corrected chi connectivity index (χ2v) is 5.12. The number of imide groups is 1. The molecule has 1 unspecified atom stereocenters. The van der Waals surface area contributed by atoms with Gasteiger partial charge in [0, 0.05) is 5.41 Å². The van der Waals surface area contributed by atoms with E-state index in [1.807, 2.05) is 5.32 Å². The SMILES string of the molecule is O=C(CCl)NC(=O)NC1C=CS(=O)(=O)C1. The Morgan fingerprint density at radius 1 is 1.47 bits per heavy atom. The van der Waals surface area contributed by atoms with E-state index in [1.165, 1.54) is 6.08 Å². The molecule has 1 atom stereocenters. The molecule has 1 heterocycles. The summed E-state index contributed by atoms with van der Waals surface area (Å²) >= 11 is 5.16. The summed E-state index contributed by atoms with van der Waals surface area (Å²) in [5.41, 5.74) is 0. The van der Waals surface area contributed by atoms with E-state index in [0.29, 0.717) is 0 Å². The molecule has 8 heteroatoms. The zero-order valence-corrected chi connectivity index (χ0v) is 9.14. The molecule has 0 saturated heterocycles. The fourth-order valence-electron chi connectivity index (χ4n) is 1.03. The first kappa shape index (κ1) is 12.0. The number of urea groups is 1. The zero-order valence-electron chi connectivity index (χ0n) is 7.57. The van der Waals surface area contributed by atoms with E-state index in [4.69, 9.17) is 11.6 Å². The highest BCUT2D eigenvalue weighted by atomic mass is 35.5. The van der Waals surface area contributed by atoms with Gasteiger partial charge in [0.2, 0.25) is 5.91 Å². The maximum Gasteiger partial charge on any atom is 0.321 e. The smallest absolute Gasteiger partial charge is 0.321 e. The number of carbonyl (C=O) groups excluding carboxylic acids is 2. The molecule has 3 amide bonds. The molecule has 84 valence electrons. The van der Waals surface area contributed by atoms with Crippen molar-refractivity contribution in [3.05, 3.63) is 11.5 Å². The fourth-order valence-corrected chi connectivity index (χ4v) is 2.33. The van der Waals surface area contributed by atoms with Crippen molar-refractivity contribution < 1.29 is 18.0 Å². The van der Waals surface area contributed by atoms with E-state index in [1.54, 1.807) is 0 Å². The van der Waals surface area contributed by atoms with Crippen LogP contribution in [0, 0.1) is 0 Å². The summed E-state index contributed by atoms with van der Waals surface area (Å²) in [5.74, 6) is -1.15. The van der Waals surface area contributed by atoms with E-state index >= 15 is 0 Å². The number of nitrogens with one attached hydrogen (secondary N) is 2. The Kier molecular flexibility index (Phi) is 3.70. The van der Waals surface area contributed by atoms with Crippen LogP contribution in [-0.4, -0.2) is 38.0 Å². The molecule has 0 aromatic carbocycles. The van der Waals surface area contributed by atoms with E-state index in [0.717, 1.165) is 5.41 Å². The summed E-state index contributed by atoms with van der Waals surface area (Å²) < 4.78 is 21.9. The second-order valence-electron chi connectivity index (χ2n) is 2.92. The summed E-state index contributed by atoms with van der Waals surface area (Å²) in [5, 5.41) is 5.27. The van der Waals surface area contributed by atoms with Crippen LogP contribution < -0.4 is 10.6 Å². The molecule has 2 N–H and O–H groups in total. The number of hydrogen-bond donors (Lipinski definition) is 2. The highest BCUT2D eigenvalue weighted by molar-refractivity contribution is 7.94. The Labute approximate surface area is 91.6 Å². The molecule has 0 aromatic heterocycles. The van der Waals surface area contributed by atoms with Gasteiger partial charge in [-0.25, -0.2) is 13.2 Å². The van der Waals surface area contributed by atoms with Crippen molar-refractivity contribution in [3.8, 4) is 0 Å². The molecule has 0 saturated carbocycles. The third-order valence-corrected chi connectivity index (χ3v) is 3.26. The summed E-state index contributed by atoms with van der Waals surface area (Å²) in [6.45, 7) is 0. The van der Waals surface area contributed by atoms with Gasteiger partial charge in [0.1, 0.15) is 5.88 Å². The third-order valence-electron chi connectivity index (χ3n) is 1.62. The molecule has 0 radical (unpaired) electrons. The fraction of sp³-hybridized carbons (Fsp3) is 0.429. The van der Waals surface area contributed by atoms with E-state index in [-0.39, 0.29) is 11.6 Å². The van der Waals surface area contributed by atoms with E-state index < -0.39 is 27.8 Å². The molecule has 0 aromatic rings. The highest BCUT2D eigenvalue weighted by Gasteiger charge is 2.23. The minimum Gasteiger partial charge on any atom is -0.331 e. The molecule has 0 fully saturated rings. The van der Waals surface area contributed by atoms with Crippen molar-refractivity contribution >= 4 is 33.4 Å². The maximum atomic E-state index is 11.0. The number of sulfone groups is 1. The Morgan fingerprint density at radius 3 is 2.60 bits per heavy atom. The maximum absolute atomic E-state index is 11.0. The number of alkyl halides is 1. The molecule has 0 aliphatic carbocycles. The van der Waals surface area contributed by atoms with Gasteiger partial charge in [-0.05, 0) is 6.08 Å². The average Bonchev–Trinajstić information content (AvgIpc) is 2.44. The molecule has 1 aliphatic heterocycles. The van der Waals surface area contributed by atoms with Gasteiger partial charge in [0.25, 0.3) is 0 Å². The van der Waals surface area contributed by atoms with Gasteiger partial charge in [-0.2, -0.15) is 0 Å². The van der Waals surface area contributed by atoms with Gasteiger partial charge in [-0.15, -0.1) is 11.6 Å². The van der Waals surface area contributed by atoms with Crippen LogP contribution >= 0.6 is 11.6 Å². The van der Waals surface area contributed by atoms with Crippen LogP contribution in [0.25, 0.3) is 0 Å². The minimum absolute atomic E-state index is 0.185. The van der Waals surface area contributed by atoms with Gasteiger partial charge in [-0.1, -0.05) is 0 Å². The first-order valence-corrected chi connectivity index (χ1v) is 6.25. The van der Waals surface area contributed by atoms with Crippen LogP contribution in [0.5, 0.6) is 0 Å². The number of hydrogen-bond acceptors (Lipinski definition) is 4. The highest BCUT2D eigenvalue weighted by Crippen LogP contribution is 2.07. The molecule has 0 spiro atoms. The summed E-state index contributed by atoms with van der Waals surface area (Å²) in [6.07, 6.45) is 1.35. The molecule has 6 nitrogen and oxygen atoms in total. The average molecular weight is 253 g/mol. The molecular formula is C7H9ClN2O4S. The van der Waals surface area contributed by atoms with Gasteiger partial charge < -0.3 is 5.32 Å². The topological polar surface area (TPSA) is 92.3 Å². The molecule has 15 heavy (non-hydrogen) atoms. The van der Waals surface area contributed by atoms with Crippen molar-refractivity contribution in [1.29, 1.82) is 0 Å². The van der Waals surface area contributed by atoms with Gasteiger partial charge in [-0.3, -0.25) is 10.1 Å². The van der Waals surface area contributed by atoms with Crippen molar-refractivity contribution in [2.24, 2.45) is 0 Å². The lowest BCUT2D eigenvalue weighted by atomic mass is 10.3. The van der Waals surface area contributed by atoms with Crippen LogP contribution in [0.15, 0.2) is 11.5 Å². The van der Waals surface area contributed by atoms with Gasteiger partial charge in [0.15, 0.2) is 9.84 Å². The van der Waals surface area contributed by atoms with Crippen LogP contribution in [0.3, 0.4) is 0 Å². The van der Waals surface area contributed by atoms with Crippen molar-refractivity contribution in [3.63, 3.8) is 0 Å².